The van der Waals surface area contributed by atoms with Crippen LogP contribution in [0.2, 0.25) is 5.02 Å². The summed E-state index contributed by atoms with van der Waals surface area (Å²) in [6, 6.07) is 8.86. The number of H-pyrrole nitrogens is 1. The fourth-order valence-corrected chi connectivity index (χ4v) is 1.90. The minimum absolute atomic E-state index is 0.0747. The molecule has 0 aliphatic heterocycles. The van der Waals surface area contributed by atoms with Crippen LogP contribution in [-0.2, 0) is 0 Å². The number of nitrogen functional groups attached to an aromatic ring is 1. The molecule has 0 saturated carbocycles. The number of aromatic nitrogens is 2. The van der Waals surface area contributed by atoms with Gasteiger partial charge in [0.2, 0.25) is 0 Å². The van der Waals surface area contributed by atoms with E-state index in [2.05, 4.69) is 10.2 Å². The quantitative estimate of drug-likeness (QED) is 0.906. The van der Waals surface area contributed by atoms with Gasteiger partial charge in [-0.1, -0.05) is 23.7 Å². The summed E-state index contributed by atoms with van der Waals surface area (Å²) in [4.78, 5) is 13.8. The highest BCUT2D eigenvalue weighted by atomic mass is 35.5. The van der Waals surface area contributed by atoms with E-state index in [0.29, 0.717) is 16.5 Å². The number of halogens is 1. The maximum absolute atomic E-state index is 12.2. The minimum atomic E-state index is -0.161. The number of aromatic amines is 1. The fraction of sp³-hybridized carbons (Fsp3) is 0.231. The van der Waals surface area contributed by atoms with E-state index in [4.69, 9.17) is 17.3 Å². The second-order valence-electron chi connectivity index (χ2n) is 4.35. The number of hydrogen-bond acceptors (Lipinski definition) is 3. The molecule has 0 aliphatic rings. The average Bonchev–Trinajstić information content (AvgIpc) is 2.84. The molecule has 0 bridgehead atoms. The first-order valence-electron chi connectivity index (χ1n) is 5.82. The van der Waals surface area contributed by atoms with Gasteiger partial charge in [-0.3, -0.25) is 9.89 Å². The molecule has 0 fully saturated rings. The fourth-order valence-electron chi connectivity index (χ4n) is 1.78. The molecule has 0 saturated heterocycles. The Kier molecular flexibility index (Phi) is 3.76. The van der Waals surface area contributed by atoms with Gasteiger partial charge in [-0.25, -0.2) is 0 Å². The Morgan fingerprint density at radius 3 is 2.58 bits per heavy atom. The summed E-state index contributed by atoms with van der Waals surface area (Å²) in [5, 5.41) is 7.04. The molecule has 1 atom stereocenters. The molecule has 6 heteroatoms. The van der Waals surface area contributed by atoms with E-state index in [-0.39, 0.29) is 11.9 Å². The van der Waals surface area contributed by atoms with Crippen LogP contribution in [0.5, 0.6) is 0 Å². The van der Waals surface area contributed by atoms with Gasteiger partial charge in [0.05, 0.1) is 6.04 Å². The average molecular weight is 279 g/mol. The Labute approximate surface area is 116 Å². The van der Waals surface area contributed by atoms with Crippen molar-refractivity contribution in [1.29, 1.82) is 0 Å². The maximum Gasteiger partial charge on any atom is 0.272 e. The summed E-state index contributed by atoms with van der Waals surface area (Å²) < 4.78 is 0. The molecule has 100 valence electrons. The summed E-state index contributed by atoms with van der Waals surface area (Å²) in [5.74, 6) is 0.141. The zero-order valence-electron chi connectivity index (χ0n) is 10.7. The van der Waals surface area contributed by atoms with Gasteiger partial charge in [0.25, 0.3) is 5.91 Å². The molecule has 0 spiro atoms. The molecule has 3 N–H and O–H groups in total. The Morgan fingerprint density at radius 2 is 2.05 bits per heavy atom. The van der Waals surface area contributed by atoms with E-state index >= 15 is 0 Å². The molecule has 19 heavy (non-hydrogen) atoms. The molecule has 2 rings (SSSR count). The lowest BCUT2D eigenvalue weighted by Gasteiger charge is -2.24. The largest absolute Gasteiger partial charge is 0.382 e. The van der Waals surface area contributed by atoms with E-state index < -0.39 is 0 Å². The van der Waals surface area contributed by atoms with E-state index in [1.54, 1.807) is 24.1 Å². The summed E-state index contributed by atoms with van der Waals surface area (Å²) in [6.07, 6.45) is 0. The van der Waals surface area contributed by atoms with Gasteiger partial charge in [-0.05, 0) is 24.6 Å². The van der Waals surface area contributed by atoms with Crippen LogP contribution in [0.25, 0.3) is 0 Å². The summed E-state index contributed by atoms with van der Waals surface area (Å²) >= 11 is 5.85. The van der Waals surface area contributed by atoms with Gasteiger partial charge in [-0.2, -0.15) is 5.10 Å². The Balaban J connectivity index is 2.16. The van der Waals surface area contributed by atoms with Crippen LogP contribution in [0.3, 0.4) is 0 Å². The number of carbonyl (C=O) groups is 1. The van der Waals surface area contributed by atoms with Crippen LogP contribution >= 0.6 is 11.6 Å². The van der Waals surface area contributed by atoms with Gasteiger partial charge in [-0.15, -0.1) is 0 Å². The maximum atomic E-state index is 12.2. The number of hydrogen-bond donors (Lipinski definition) is 2. The number of benzene rings is 1. The monoisotopic (exact) mass is 278 g/mol. The van der Waals surface area contributed by atoms with E-state index in [9.17, 15) is 4.79 Å². The highest BCUT2D eigenvalue weighted by Gasteiger charge is 2.20. The van der Waals surface area contributed by atoms with E-state index in [0.717, 1.165) is 5.56 Å². The summed E-state index contributed by atoms with van der Waals surface area (Å²) in [6.45, 7) is 1.95. The highest BCUT2D eigenvalue weighted by Crippen LogP contribution is 2.22. The van der Waals surface area contributed by atoms with Gasteiger partial charge >= 0.3 is 0 Å². The number of nitrogens with two attached hydrogens (primary N) is 1. The van der Waals surface area contributed by atoms with Crippen molar-refractivity contribution >= 4 is 23.3 Å². The van der Waals surface area contributed by atoms with Crippen LogP contribution in [-0.4, -0.2) is 28.1 Å². The zero-order chi connectivity index (χ0) is 14.0. The van der Waals surface area contributed by atoms with Crippen LogP contribution in [0.1, 0.15) is 29.0 Å². The Hall–Kier alpha value is -2.01. The SMILES string of the molecule is CC(c1ccc(Cl)cc1)N(C)C(=O)c1cc(N)n[nH]1. The highest BCUT2D eigenvalue weighted by molar-refractivity contribution is 6.30. The molecule has 2 aromatic rings. The third kappa shape index (κ3) is 2.88. The number of anilines is 1. The first-order valence-corrected chi connectivity index (χ1v) is 6.20. The smallest absolute Gasteiger partial charge is 0.272 e. The molecule has 1 unspecified atom stereocenters. The van der Waals surface area contributed by atoms with Crippen LogP contribution in [0.15, 0.2) is 30.3 Å². The molecule has 0 radical (unpaired) electrons. The van der Waals surface area contributed by atoms with Crippen molar-refractivity contribution in [2.45, 2.75) is 13.0 Å². The number of nitrogens with zero attached hydrogens (tertiary/aromatic N) is 2. The standard InChI is InChI=1S/C13H15ClN4O/c1-8(9-3-5-10(14)6-4-9)18(2)13(19)11-7-12(15)17-16-11/h3-8H,1-2H3,(H3,15,16,17). The molecule has 1 heterocycles. The Bertz CT molecular complexity index is 579. The van der Waals surface area contributed by atoms with Gasteiger partial charge in [0, 0.05) is 18.1 Å². The van der Waals surface area contributed by atoms with Crippen molar-refractivity contribution in [1.82, 2.24) is 15.1 Å². The third-order valence-corrected chi connectivity index (χ3v) is 3.33. The second kappa shape index (κ2) is 5.32. The number of carbonyl (C=O) groups excluding carboxylic acids is 1. The number of amides is 1. The number of nitrogens with one attached hydrogen (secondary N) is 1. The molecule has 1 amide bonds. The first kappa shape index (κ1) is 13.4. The van der Waals surface area contributed by atoms with Gasteiger partial charge in [0.1, 0.15) is 11.5 Å². The van der Waals surface area contributed by atoms with Crippen molar-refractivity contribution in [3.05, 3.63) is 46.6 Å². The zero-order valence-corrected chi connectivity index (χ0v) is 11.5. The summed E-state index contributed by atoms with van der Waals surface area (Å²) in [5.41, 5.74) is 6.88. The third-order valence-electron chi connectivity index (χ3n) is 3.08. The lowest BCUT2D eigenvalue weighted by atomic mass is 10.1. The van der Waals surface area contributed by atoms with Crippen molar-refractivity contribution in [2.75, 3.05) is 12.8 Å². The van der Waals surface area contributed by atoms with Crippen LogP contribution in [0, 0.1) is 0 Å². The van der Waals surface area contributed by atoms with Gasteiger partial charge < -0.3 is 10.6 Å². The molecule has 0 aliphatic carbocycles. The number of rotatable bonds is 3. The normalized spacial score (nSPS) is 12.2. The second-order valence-corrected chi connectivity index (χ2v) is 4.79. The topological polar surface area (TPSA) is 75.0 Å². The molecular weight excluding hydrogens is 264 g/mol. The van der Waals surface area contributed by atoms with Crippen LogP contribution in [0.4, 0.5) is 5.82 Å². The van der Waals surface area contributed by atoms with Crippen molar-refractivity contribution < 1.29 is 4.79 Å². The molecular formula is C13H15ClN4O. The summed E-state index contributed by atoms with van der Waals surface area (Å²) in [7, 11) is 1.73. The minimum Gasteiger partial charge on any atom is -0.382 e. The lowest BCUT2D eigenvalue weighted by Crippen LogP contribution is -2.29. The predicted molar refractivity (Wildman–Crippen MR) is 75.0 cm³/mol. The van der Waals surface area contributed by atoms with Gasteiger partial charge in [0.15, 0.2) is 0 Å². The lowest BCUT2D eigenvalue weighted by molar-refractivity contribution is 0.0736. The van der Waals surface area contributed by atoms with E-state index in [1.807, 2.05) is 19.1 Å². The van der Waals surface area contributed by atoms with Crippen molar-refractivity contribution in [3.8, 4) is 0 Å². The Morgan fingerprint density at radius 1 is 1.42 bits per heavy atom. The van der Waals surface area contributed by atoms with Crippen molar-refractivity contribution in [2.24, 2.45) is 0 Å². The molecule has 1 aromatic carbocycles. The van der Waals surface area contributed by atoms with E-state index in [1.165, 1.54) is 6.07 Å². The van der Waals surface area contributed by atoms with Crippen molar-refractivity contribution in [3.63, 3.8) is 0 Å². The van der Waals surface area contributed by atoms with Crippen LogP contribution < -0.4 is 5.73 Å². The predicted octanol–water partition coefficient (Wildman–Crippen LogP) is 2.48. The first-order chi connectivity index (χ1) is 8.99. The molecule has 1 aromatic heterocycles. The molecule has 5 nitrogen and oxygen atoms in total.